The van der Waals surface area contributed by atoms with Gasteiger partial charge >= 0.3 is 0 Å². The van der Waals surface area contributed by atoms with E-state index >= 15 is 0 Å². The first-order valence-corrected chi connectivity index (χ1v) is 12.7. The Labute approximate surface area is 220 Å². The third-order valence-electron chi connectivity index (χ3n) is 5.13. The standard InChI is InChI=1S/C26H21BrClFN2O3S/c1-3-31-25(32)24(35-26(31)30-20-10-8-19(29)9-11-20)13-17-12-22(33-2)23(14-21(17)27)34-15-16-4-6-18(28)7-5-16/h4-14H,3,15H2,1-2H3/b24-13+,30-26?. The number of benzene rings is 3. The number of thioether (sulfide) groups is 1. The molecule has 1 aliphatic heterocycles. The Kier molecular flexibility index (Phi) is 8.15. The molecule has 0 unspecified atom stereocenters. The van der Waals surface area contributed by atoms with Crippen LogP contribution in [0.3, 0.4) is 0 Å². The molecule has 35 heavy (non-hydrogen) atoms. The molecular formula is C26H21BrClFN2O3S. The van der Waals surface area contributed by atoms with Gasteiger partial charge in [0, 0.05) is 16.0 Å². The van der Waals surface area contributed by atoms with Crippen molar-refractivity contribution in [1.29, 1.82) is 0 Å². The zero-order valence-electron chi connectivity index (χ0n) is 18.9. The Morgan fingerprint density at radius 1 is 1.11 bits per heavy atom. The highest BCUT2D eigenvalue weighted by molar-refractivity contribution is 9.10. The number of carbonyl (C=O) groups is 1. The molecule has 0 radical (unpaired) electrons. The molecule has 3 aromatic carbocycles. The number of hydrogen-bond acceptors (Lipinski definition) is 5. The average molecular weight is 576 g/mol. The Morgan fingerprint density at radius 3 is 2.49 bits per heavy atom. The molecule has 1 heterocycles. The molecule has 0 aliphatic carbocycles. The van der Waals surface area contributed by atoms with E-state index in [1.807, 2.05) is 43.3 Å². The van der Waals surface area contributed by atoms with Gasteiger partial charge in [0.2, 0.25) is 0 Å². The molecule has 1 aliphatic rings. The van der Waals surface area contributed by atoms with Crippen LogP contribution in [0.15, 0.2) is 75.0 Å². The molecule has 1 fully saturated rings. The number of likely N-dealkylation sites (N-methyl/N-ethyl adjacent to an activating group) is 1. The summed E-state index contributed by atoms with van der Waals surface area (Å²) in [5.74, 6) is 0.622. The molecule has 9 heteroatoms. The van der Waals surface area contributed by atoms with Crippen molar-refractivity contribution in [1.82, 2.24) is 4.90 Å². The van der Waals surface area contributed by atoms with Crippen LogP contribution in [0.4, 0.5) is 10.1 Å². The van der Waals surface area contributed by atoms with Gasteiger partial charge in [-0.3, -0.25) is 9.69 Å². The highest BCUT2D eigenvalue weighted by Crippen LogP contribution is 2.39. The molecule has 1 amide bonds. The van der Waals surface area contributed by atoms with Crippen LogP contribution in [0, 0.1) is 5.82 Å². The molecule has 0 N–H and O–H groups in total. The third-order valence-corrected chi connectivity index (χ3v) is 7.08. The predicted molar refractivity (Wildman–Crippen MR) is 143 cm³/mol. The summed E-state index contributed by atoms with van der Waals surface area (Å²) in [5, 5.41) is 1.21. The summed E-state index contributed by atoms with van der Waals surface area (Å²) in [6, 6.07) is 16.9. The van der Waals surface area contributed by atoms with Crippen LogP contribution in [0.1, 0.15) is 18.1 Å². The fourth-order valence-corrected chi connectivity index (χ4v) is 4.93. The number of rotatable bonds is 7. The summed E-state index contributed by atoms with van der Waals surface area (Å²) < 4.78 is 25.5. The Bertz CT molecular complexity index is 1300. The normalized spacial score (nSPS) is 15.8. The SMILES string of the molecule is CCN1C(=O)/C(=C\c2cc(OC)c(OCc3ccc(Cl)cc3)cc2Br)SC1=Nc1ccc(F)cc1. The first kappa shape index (κ1) is 25.3. The van der Waals surface area contributed by atoms with E-state index in [2.05, 4.69) is 20.9 Å². The number of aliphatic imine (C=N–C) groups is 1. The van der Waals surface area contributed by atoms with Crippen molar-refractivity contribution < 1.29 is 18.7 Å². The number of carbonyl (C=O) groups excluding carboxylic acids is 1. The van der Waals surface area contributed by atoms with Gasteiger partial charge < -0.3 is 9.47 Å². The van der Waals surface area contributed by atoms with Crippen molar-refractivity contribution in [3.8, 4) is 11.5 Å². The van der Waals surface area contributed by atoms with Gasteiger partial charge in [0.05, 0.1) is 17.7 Å². The molecule has 5 nitrogen and oxygen atoms in total. The predicted octanol–water partition coefficient (Wildman–Crippen LogP) is 7.45. The van der Waals surface area contributed by atoms with Crippen molar-refractivity contribution in [2.24, 2.45) is 4.99 Å². The number of amides is 1. The largest absolute Gasteiger partial charge is 0.493 e. The monoisotopic (exact) mass is 574 g/mol. The highest BCUT2D eigenvalue weighted by Gasteiger charge is 2.32. The summed E-state index contributed by atoms with van der Waals surface area (Å²) >= 11 is 10.8. The maximum absolute atomic E-state index is 13.2. The van der Waals surface area contributed by atoms with E-state index in [9.17, 15) is 9.18 Å². The second-order valence-corrected chi connectivity index (χ2v) is 9.77. The molecule has 0 spiro atoms. The molecule has 3 aromatic rings. The second-order valence-electron chi connectivity index (χ2n) is 7.47. The van der Waals surface area contributed by atoms with Gasteiger partial charge in [-0.2, -0.15) is 0 Å². The lowest BCUT2D eigenvalue weighted by Gasteiger charge is -2.13. The van der Waals surface area contributed by atoms with Crippen molar-refractivity contribution in [3.63, 3.8) is 0 Å². The zero-order valence-corrected chi connectivity index (χ0v) is 22.1. The summed E-state index contributed by atoms with van der Waals surface area (Å²) in [6.45, 7) is 2.70. The molecule has 4 rings (SSSR count). The molecule has 180 valence electrons. The van der Waals surface area contributed by atoms with Crippen LogP contribution in [-0.4, -0.2) is 29.6 Å². The van der Waals surface area contributed by atoms with Gasteiger partial charge in [-0.15, -0.1) is 0 Å². The second kappa shape index (κ2) is 11.3. The first-order chi connectivity index (χ1) is 16.9. The molecule has 0 saturated carbocycles. The average Bonchev–Trinajstić information content (AvgIpc) is 3.15. The van der Waals surface area contributed by atoms with Crippen molar-refractivity contribution in [2.45, 2.75) is 13.5 Å². The minimum atomic E-state index is -0.337. The quantitative estimate of drug-likeness (QED) is 0.275. The van der Waals surface area contributed by atoms with Gasteiger partial charge in [-0.1, -0.05) is 39.7 Å². The van der Waals surface area contributed by atoms with Crippen molar-refractivity contribution in [3.05, 3.63) is 92.0 Å². The number of halogens is 3. The van der Waals surface area contributed by atoms with E-state index in [1.54, 1.807) is 30.2 Å². The maximum atomic E-state index is 13.2. The smallest absolute Gasteiger partial charge is 0.266 e. The van der Waals surface area contributed by atoms with Crippen LogP contribution < -0.4 is 9.47 Å². The lowest BCUT2D eigenvalue weighted by molar-refractivity contribution is -0.122. The van der Waals surface area contributed by atoms with E-state index in [1.165, 1.54) is 23.9 Å². The number of ether oxygens (including phenoxy) is 2. The van der Waals surface area contributed by atoms with Crippen LogP contribution in [0.2, 0.25) is 5.02 Å². The van der Waals surface area contributed by atoms with Crippen LogP contribution >= 0.6 is 39.3 Å². The van der Waals surface area contributed by atoms with Crippen LogP contribution in [0.25, 0.3) is 6.08 Å². The minimum absolute atomic E-state index is 0.146. The zero-order chi connectivity index (χ0) is 24.9. The van der Waals surface area contributed by atoms with E-state index in [-0.39, 0.29) is 11.7 Å². The van der Waals surface area contributed by atoms with Gasteiger partial charge in [-0.05, 0) is 84.4 Å². The highest BCUT2D eigenvalue weighted by atomic mass is 79.9. The van der Waals surface area contributed by atoms with Gasteiger partial charge in [-0.25, -0.2) is 9.38 Å². The first-order valence-electron chi connectivity index (χ1n) is 10.7. The summed E-state index contributed by atoms with van der Waals surface area (Å²) in [7, 11) is 1.57. The fourth-order valence-electron chi connectivity index (χ4n) is 3.31. The summed E-state index contributed by atoms with van der Waals surface area (Å²) in [5.41, 5.74) is 2.31. The topological polar surface area (TPSA) is 51.1 Å². The molecule has 0 bridgehead atoms. The van der Waals surface area contributed by atoms with Crippen LogP contribution in [-0.2, 0) is 11.4 Å². The molecular weight excluding hydrogens is 555 g/mol. The Hall–Kier alpha value is -2.81. The minimum Gasteiger partial charge on any atom is -0.493 e. The number of amidine groups is 1. The maximum Gasteiger partial charge on any atom is 0.266 e. The summed E-state index contributed by atoms with van der Waals surface area (Å²) in [6.07, 6.45) is 1.79. The van der Waals surface area contributed by atoms with Crippen molar-refractivity contribution >= 4 is 62.1 Å². The van der Waals surface area contributed by atoms with E-state index in [4.69, 9.17) is 21.1 Å². The van der Waals surface area contributed by atoms with E-state index < -0.39 is 0 Å². The van der Waals surface area contributed by atoms with Gasteiger partial charge in [0.1, 0.15) is 12.4 Å². The van der Waals surface area contributed by atoms with Crippen molar-refractivity contribution in [2.75, 3.05) is 13.7 Å². The van der Waals surface area contributed by atoms with Gasteiger partial charge in [0.25, 0.3) is 5.91 Å². The number of methoxy groups -OCH3 is 1. The molecule has 0 aromatic heterocycles. The fraction of sp³-hybridized carbons (Fsp3) is 0.154. The Balaban J connectivity index is 1.58. The van der Waals surface area contributed by atoms with E-state index in [0.717, 1.165) is 15.6 Å². The Morgan fingerprint density at radius 2 is 1.83 bits per heavy atom. The van der Waals surface area contributed by atoms with E-state index in [0.29, 0.717) is 45.4 Å². The lowest BCUT2D eigenvalue weighted by Crippen LogP contribution is -2.28. The number of hydrogen-bond donors (Lipinski definition) is 0. The van der Waals surface area contributed by atoms with Crippen LogP contribution in [0.5, 0.6) is 11.5 Å². The van der Waals surface area contributed by atoms with Gasteiger partial charge in [0.15, 0.2) is 16.7 Å². The lowest BCUT2D eigenvalue weighted by atomic mass is 10.1. The number of nitrogens with zero attached hydrogens (tertiary/aromatic N) is 2. The molecule has 0 atom stereocenters. The third kappa shape index (κ3) is 6.07. The molecule has 1 saturated heterocycles. The summed E-state index contributed by atoms with van der Waals surface area (Å²) in [4.78, 5) is 19.7.